The summed E-state index contributed by atoms with van der Waals surface area (Å²) in [6.45, 7) is 5.36. The molecule has 1 N–H and O–H groups in total. The summed E-state index contributed by atoms with van der Waals surface area (Å²) >= 11 is 0. The third-order valence-corrected chi connectivity index (χ3v) is 4.69. The molecule has 6 heteroatoms. The molecule has 0 radical (unpaired) electrons. The van der Waals surface area contributed by atoms with Gasteiger partial charge in [-0.05, 0) is 44.4 Å². The first-order valence-electron chi connectivity index (χ1n) is 10.3. The van der Waals surface area contributed by atoms with Crippen LogP contribution in [0.15, 0.2) is 48.1 Å². The van der Waals surface area contributed by atoms with Crippen molar-refractivity contribution in [2.24, 2.45) is 0 Å². The van der Waals surface area contributed by atoms with Gasteiger partial charge < -0.3 is 19.3 Å². The molecule has 0 fully saturated rings. The molecule has 32 heavy (non-hydrogen) atoms. The Labute approximate surface area is 189 Å². The first kappa shape index (κ1) is 24.9. The van der Waals surface area contributed by atoms with E-state index in [1.54, 1.807) is 13.0 Å². The molecule has 0 aliphatic heterocycles. The van der Waals surface area contributed by atoms with Crippen molar-refractivity contribution >= 4 is 17.6 Å². The van der Waals surface area contributed by atoms with Crippen molar-refractivity contribution in [1.82, 2.24) is 0 Å². The minimum absolute atomic E-state index is 0.0213. The van der Waals surface area contributed by atoms with E-state index in [9.17, 15) is 14.7 Å². The highest BCUT2D eigenvalue weighted by atomic mass is 16.7. The smallest absolute Gasteiger partial charge is 0.193 e. The lowest BCUT2D eigenvalue weighted by Gasteiger charge is -2.18. The van der Waals surface area contributed by atoms with Gasteiger partial charge in [0.2, 0.25) is 0 Å². The Balaban J connectivity index is 2.45. The van der Waals surface area contributed by atoms with E-state index in [0.717, 1.165) is 16.7 Å². The van der Waals surface area contributed by atoms with Crippen LogP contribution in [0.4, 0.5) is 0 Å². The maximum atomic E-state index is 13.2. The van der Waals surface area contributed by atoms with E-state index in [1.807, 2.05) is 44.2 Å². The number of ketones is 2. The zero-order valence-electron chi connectivity index (χ0n) is 19.2. The summed E-state index contributed by atoms with van der Waals surface area (Å²) in [4.78, 5) is 24.4. The fraction of sp³-hybridized carbons (Fsp3) is 0.308. The van der Waals surface area contributed by atoms with E-state index in [-0.39, 0.29) is 41.2 Å². The van der Waals surface area contributed by atoms with Gasteiger partial charge in [0.25, 0.3) is 0 Å². The average molecular weight is 439 g/mol. The molecule has 0 unspecified atom stereocenters. The van der Waals surface area contributed by atoms with Crippen LogP contribution in [0.2, 0.25) is 0 Å². The largest absolute Gasteiger partial charge is 0.507 e. The molecule has 170 valence electrons. The summed E-state index contributed by atoms with van der Waals surface area (Å²) in [7, 11) is 2.91. The van der Waals surface area contributed by atoms with Crippen molar-refractivity contribution in [2.45, 2.75) is 33.6 Å². The van der Waals surface area contributed by atoms with E-state index in [2.05, 4.69) is 0 Å². The Bertz CT molecular complexity index is 1010. The highest BCUT2D eigenvalue weighted by molar-refractivity contribution is 6.11. The Morgan fingerprint density at radius 1 is 1.06 bits per heavy atom. The highest BCUT2D eigenvalue weighted by Gasteiger charge is 2.23. The lowest BCUT2D eigenvalue weighted by molar-refractivity contribution is -0.116. The fourth-order valence-electron chi connectivity index (χ4n) is 3.13. The van der Waals surface area contributed by atoms with Crippen LogP contribution in [0.3, 0.4) is 0 Å². The molecule has 2 aromatic rings. The fourth-order valence-corrected chi connectivity index (χ4v) is 3.13. The summed E-state index contributed by atoms with van der Waals surface area (Å²) in [5, 5.41) is 10.5. The van der Waals surface area contributed by atoms with Crippen molar-refractivity contribution in [3.05, 3.63) is 70.3 Å². The molecule has 2 rings (SSSR count). The van der Waals surface area contributed by atoms with Crippen LogP contribution in [0.1, 0.15) is 47.8 Å². The summed E-state index contributed by atoms with van der Waals surface area (Å²) in [6, 6.07) is 8.83. The van der Waals surface area contributed by atoms with Crippen molar-refractivity contribution < 1.29 is 28.9 Å². The number of carbonyl (C=O) groups is 2. The molecule has 6 nitrogen and oxygen atoms in total. The van der Waals surface area contributed by atoms with E-state index in [0.29, 0.717) is 18.4 Å². The summed E-state index contributed by atoms with van der Waals surface area (Å²) in [5.41, 5.74) is 3.49. The minimum Gasteiger partial charge on any atom is -0.507 e. The van der Waals surface area contributed by atoms with Gasteiger partial charge in [0.15, 0.2) is 12.6 Å². The number of Topliss-reactive ketones (excluding diaryl/α,β-unsaturated/α-hetero) is 1. The van der Waals surface area contributed by atoms with Crippen LogP contribution < -0.4 is 9.47 Å². The van der Waals surface area contributed by atoms with Gasteiger partial charge in [-0.25, -0.2) is 0 Å². The van der Waals surface area contributed by atoms with E-state index in [1.165, 1.54) is 26.4 Å². The Morgan fingerprint density at radius 2 is 1.75 bits per heavy atom. The standard InChI is InChI=1S/C26H30O6/c1-17(2)6-12-21-23(29)15-24(31-5)25(26(21)32-16-30-4)22(28)13-11-19-7-9-20(10-8-19)14-18(3)27/h6-11,13,15,29H,12,14,16H2,1-5H3/b13-11+. The van der Waals surface area contributed by atoms with Crippen molar-refractivity contribution in [3.8, 4) is 17.2 Å². The number of aromatic hydroxyl groups is 1. The van der Waals surface area contributed by atoms with Crippen molar-refractivity contribution in [2.75, 3.05) is 21.0 Å². The average Bonchev–Trinajstić information content (AvgIpc) is 2.75. The first-order chi connectivity index (χ1) is 15.3. The van der Waals surface area contributed by atoms with Gasteiger partial charge in [-0.2, -0.15) is 0 Å². The first-order valence-corrected chi connectivity index (χ1v) is 10.3. The predicted octanol–water partition coefficient (Wildman–Crippen LogP) is 4.92. The number of phenols is 1. The summed E-state index contributed by atoms with van der Waals surface area (Å²) in [5.74, 6) is 0.176. The van der Waals surface area contributed by atoms with Gasteiger partial charge in [-0.1, -0.05) is 42.0 Å². The van der Waals surface area contributed by atoms with Crippen LogP contribution >= 0.6 is 0 Å². The summed E-state index contributed by atoms with van der Waals surface area (Å²) in [6.07, 6.45) is 5.82. The molecule has 2 aromatic carbocycles. The Kier molecular flexibility index (Phi) is 9.22. The van der Waals surface area contributed by atoms with E-state index in [4.69, 9.17) is 14.2 Å². The molecule has 0 aliphatic rings. The van der Waals surface area contributed by atoms with Crippen molar-refractivity contribution in [3.63, 3.8) is 0 Å². The third kappa shape index (κ3) is 6.82. The second kappa shape index (κ2) is 11.9. The number of hydrogen-bond donors (Lipinski definition) is 1. The monoisotopic (exact) mass is 438 g/mol. The number of carbonyl (C=O) groups excluding carboxylic acids is 2. The predicted molar refractivity (Wildman–Crippen MR) is 124 cm³/mol. The molecular weight excluding hydrogens is 408 g/mol. The molecular formula is C26H30O6. The second-order valence-corrected chi connectivity index (χ2v) is 7.64. The number of ether oxygens (including phenoxy) is 3. The molecule has 0 spiro atoms. The molecule has 0 amide bonds. The third-order valence-electron chi connectivity index (χ3n) is 4.69. The van der Waals surface area contributed by atoms with E-state index >= 15 is 0 Å². The molecule has 0 saturated carbocycles. The molecule has 0 atom stereocenters. The molecule has 0 aromatic heterocycles. The minimum atomic E-state index is -0.334. The van der Waals surface area contributed by atoms with Gasteiger partial charge >= 0.3 is 0 Å². The van der Waals surface area contributed by atoms with Crippen LogP contribution in [0, 0.1) is 0 Å². The molecule has 0 saturated heterocycles. The quantitative estimate of drug-likeness (QED) is 0.232. The Morgan fingerprint density at radius 3 is 2.31 bits per heavy atom. The number of rotatable bonds is 11. The summed E-state index contributed by atoms with van der Waals surface area (Å²) < 4.78 is 16.1. The van der Waals surface area contributed by atoms with Crippen LogP contribution in [0.25, 0.3) is 6.08 Å². The van der Waals surface area contributed by atoms with E-state index < -0.39 is 0 Å². The normalized spacial score (nSPS) is 10.8. The molecule has 0 aliphatic carbocycles. The Hall–Kier alpha value is -3.38. The zero-order chi connectivity index (χ0) is 23.7. The van der Waals surface area contributed by atoms with Crippen LogP contribution in [-0.2, 0) is 22.4 Å². The number of phenolic OH excluding ortho intramolecular Hbond substituents is 1. The van der Waals surface area contributed by atoms with Gasteiger partial charge in [0.1, 0.15) is 28.6 Å². The zero-order valence-corrected chi connectivity index (χ0v) is 19.2. The lowest BCUT2D eigenvalue weighted by atomic mass is 9.99. The number of hydrogen-bond acceptors (Lipinski definition) is 6. The van der Waals surface area contributed by atoms with Gasteiger partial charge in [-0.3, -0.25) is 9.59 Å². The highest BCUT2D eigenvalue weighted by Crippen LogP contribution is 2.40. The van der Waals surface area contributed by atoms with Gasteiger partial charge in [0, 0.05) is 25.2 Å². The molecule has 0 bridgehead atoms. The van der Waals surface area contributed by atoms with Crippen molar-refractivity contribution in [1.29, 1.82) is 0 Å². The number of methoxy groups -OCH3 is 2. The van der Waals surface area contributed by atoms with Crippen LogP contribution in [0.5, 0.6) is 17.2 Å². The maximum Gasteiger partial charge on any atom is 0.193 e. The number of benzene rings is 2. The lowest BCUT2D eigenvalue weighted by Crippen LogP contribution is -2.09. The maximum absolute atomic E-state index is 13.2. The van der Waals surface area contributed by atoms with Gasteiger partial charge in [-0.15, -0.1) is 0 Å². The van der Waals surface area contributed by atoms with Crippen LogP contribution in [-0.4, -0.2) is 37.7 Å². The molecule has 0 heterocycles. The number of allylic oxidation sites excluding steroid dienone is 3. The topological polar surface area (TPSA) is 82.1 Å². The van der Waals surface area contributed by atoms with Gasteiger partial charge in [0.05, 0.1) is 7.11 Å². The second-order valence-electron chi connectivity index (χ2n) is 7.64. The SMILES string of the molecule is COCOc1c(CC=C(C)C)c(O)cc(OC)c1C(=O)/C=C/c1ccc(CC(C)=O)cc1.